The zero-order valence-electron chi connectivity index (χ0n) is 13.4. The van der Waals surface area contributed by atoms with Crippen LogP contribution in [0, 0.1) is 0 Å². The van der Waals surface area contributed by atoms with Crippen molar-refractivity contribution in [1.82, 2.24) is 15.1 Å². The fourth-order valence-electron chi connectivity index (χ4n) is 3.26. The maximum absolute atomic E-state index is 11.9. The van der Waals surface area contributed by atoms with Crippen LogP contribution in [0.5, 0.6) is 0 Å². The van der Waals surface area contributed by atoms with E-state index in [1.54, 1.807) is 11.8 Å². The van der Waals surface area contributed by atoms with Gasteiger partial charge in [-0.2, -0.15) is 0 Å². The summed E-state index contributed by atoms with van der Waals surface area (Å²) in [7, 11) is 0. The van der Waals surface area contributed by atoms with Crippen LogP contribution in [0.4, 0.5) is 5.82 Å². The average molecular weight is 320 g/mol. The maximum atomic E-state index is 11.9. The van der Waals surface area contributed by atoms with Gasteiger partial charge in [0.05, 0.1) is 0 Å². The lowest BCUT2D eigenvalue weighted by molar-refractivity contribution is -0.129. The minimum Gasteiger partial charge on any atom is -0.353 e. The largest absolute Gasteiger partial charge is 0.353 e. The molecule has 2 aliphatic heterocycles. The second-order valence-electron chi connectivity index (χ2n) is 6.33. The molecule has 2 aliphatic rings. The summed E-state index contributed by atoms with van der Waals surface area (Å²) >= 11 is 1.73. The van der Waals surface area contributed by atoms with Gasteiger partial charge in [0.15, 0.2) is 5.82 Å². The Balaban J connectivity index is 1.65. The van der Waals surface area contributed by atoms with Gasteiger partial charge >= 0.3 is 0 Å². The number of hydrogen-bond donors (Lipinski definition) is 0. The Morgan fingerprint density at radius 2 is 2.09 bits per heavy atom. The van der Waals surface area contributed by atoms with E-state index >= 15 is 0 Å². The molecule has 120 valence electrons. The van der Waals surface area contributed by atoms with Crippen LogP contribution in [-0.2, 0) is 4.79 Å². The number of amides is 1. The standard InChI is InChI=1S/C16H24N4OS/c1-12(2)22-15-8-7-14(17-18-15)19-9-3-5-13(11-19)20-10-4-6-16(20)21/h7-8,12-13H,3-6,9-11H2,1-2H3/t13-/m1/s1. The van der Waals surface area contributed by atoms with Crippen molar-refractivity contribution < 1.29 is 4.79 Å². The number of rotatable bonds is 4. The fraction of sp³-hybridized carbons (Fsp3) is 0.688. The molecule has 3 rings (SSSR count). The summed E-state index contributed by atoms with van der Waals surface area (Å²) < 4.78 is 0. The van der Waals surface area contributed by atoms with E-state index in [0.29, 0.717) is 17.2 Å². The van der Waals surface area contributed by atoms with Crippen molar-refractivity contribution in [2.45, 2.75) is 55.8 Å². The van der Waals surface area contributed by atoms with Gasteiger partial charge in [-0.3, -0.25) is 4.79 Å². The number of piperidine rings is 1. The molecule has 0 saturated carbocycles. The molecule has 0 N–H and O–H groups in total. The van der Waals surface area contributed by atoms with E-state index in [0.717, 1.165) is 56.2 Å². The molecule has 5 nitrogen and oxygen atoms in total. The van der Waals surface area contributed by atoms with Crippen molar-refractivity contribution in [1.29, 1.82) is 0 Å². The van der Waals surface area contributed by atoms with Crippen LogP contribution >= 0.6 is 11.8 Å². The molecule has 0 bridgehead atoms. The van der Waals surface area contributed by atoms with Gasteiger partial charge in [0.25, 0.3) is 0 Å². The molecule has 0 unspecified atom stereocenters. The van der Waals surface area contributed by atoms with Crippen molar-refractivity contribution >= 4 is 23.5 Å². The average Bonchev–Trinajstić information content (AvgIpc) is 2.94. The molecular formula is C16H24N4OS. The highest BCUT2D eigenvalue weighted by Gasteiger charge is 2.31. The van der Waals surface area contributed by atoms with Gasteiger partial charge in [-0.25, -0.2) is 0 Å². The molecule has 0 spiro atoms. The predicted molar refractivity (Wildman–Crippen MR) is 89.2 cm³/mol. The zero-order valence-corrected chi connectivity index (χ0v) is 14.2. The first-order chi connectivity index (χ1) is 10.6. The van der Waals surface area contributed by atoms with Crippen LogP contribution in [0.15, 0.2) is 17.2 Å². The maximum Gasteiger partial charge on any atom is 0.222 e. The number of aromatic nitrogens is 2. The number of carbonyl (C=O) groups is 1. The molecule has 0 aliphatic carbocycles. The molecule has 1 aromatic heterocycles. The van der Waals surface area contributed by atoms with Crippen LogP contribution in [0.2, 0.25) is 0 Å². The highest BCUT2D eigenvalue weighted by atomic mass is 32.2. The van der Waals surface area contributed by atoms with Crippen LogP contribution in [0.25, 0.3) is 0 Å². The third-order valence-electron chi connectivity index (χ3n) is 4.25. The van der Waals surface area contributed by atoms with E-state index in [2.05, 4.69) is 46.0 Å². The Kier molecular flexibility index (Phi) is 4.86. The summed E-state index contributed by atoms with van der Waals surface area (Å²) in [5, 5.41) is 10.2. The van der Waals surface area contributed by atoms with Gasteiger partial charge in [0, 0.05) is 37.3 Å². The molecule has 1 aromatic rings. The summed E-state index contributed by atoms with van der Waals surface area (Å²) in [6, 6.07) is 4.46. The molecule has 2 fully saturated rings. The first-order valence-electron chi connectivity index (χ1n) is 8.18. The Labute approximate surface area is 136 Å². The third-order valence-corrected chi connectivity index (χ3v) is 5.18. The lowest BCUT2D eigenvalue weighted by atomic mass is 10.0. The first kappa shape index (κ1) is 15.6. The highest BCUT2D eigenvalue weighted by molar-refractivity contribution is 7.99. The zero-order chi connectivity index (χ0) is 15.5. The van der Waals surface area contributed by atoms with E-state index in [9.17, 15) is 4.79 Å². The minimum atomic E-state index is 0.321. The predicted octanol–water partition coefficient (Wildman–Crippen LogP) is 2.57. The number of thioether (sulfide) groups is 1. The van der Waals surface area contributed by atoms with Crippen molar-refractivity contribution in [3.63, 3.8) is 0 Å². The van der Waals surface area contributed by atoms with Gasteiger partial charge in [-0.05, 0) is 31.4 Å². The van der Waals surface area contributed by atoms with Crippen molar-refractivity contribution in [2.75, 3.05) is 24.5 Å². The van der Waals surface area contributed by atoms with Crippen LogP contribution in [-0.4, -0.2) is 51.9 Å². The van der Waals surface area contributed by atoms with Gasteiger partial charge in [-0.15, -0.1) is 22.0 Å². The number of anilines is 1. The molecular weight excluding hydrogens is 296 g/mol. The number of nitrogens with zero attached hydrogens (tertiary/aromatic N) is 4. The van der Waals surface area contributed by atoms with Crippen LogP contribution in [0.3, 0.4) is 0 Å². The van der Waals surface area contributed by atoms with Gasteiger partial charge in [0.1, 0.15) is 5.03 Å². The van der Waals surface area contributed by atoms with E-state index < -0.39 is 0 Å². The smallest absolute Gasteiger partial charge is 0.222 e. The van der Waals surface area contributed by atoms with Crippen molar-refractivity contribution in [3.05, 3.63) is 12.1 Å². The molecule has 1 amide bonds. The fourth-order valence-corrected chi connectivity index (χ4v) is 3.98. The Morgan fingerprint density at radius 3 is 2.73 bits per heavy atom. The first-order valence-corrected chi connectivity index (χ1v) is 9.06. The summed E-state index contributed by atoms with van der Waals surface area (Å²) in [6.45, 7) is 7.12. The lowest BCUT2D eigenvalue weighted by Crippen LogP contribution is -2.48. The highest BCUT2D eigenvalue weighted by Crippen LogP contribution is 2.25. The summed E-state index contributed by atoms with van der Waals surface area (Å²) in [4.78, 5) is 16.3. The van der Waals surface area contributed by atoms with Crippen LogP contribution in [0.1, 0.15) is 39.5 Å². The minimum absolute atomic E-state index is 0.321. The lowest BCUT2D eigenvalue weighted by Gasteiger charge is -2.38. The van der Waals surface area contributed by atoms with Crippen molar-refractivity contribution in [3.8, 4) is 0 Å². The molecule has 22 heavy (non-hydrogen) atoms. The SMILES string of the molecule is CC(C)Sc1ccc(N2CCC[C@@H](N3CCCC3=O)C2)nn1. The number of carbonyl (C=O) groups excluding carboxylic acids is 1. The Morgan fingerprint density at radius 1 is 1.23 bits per heavy atom. The van der Waals surface area contributed by atoms with E-state index in [-0.39, 0.29) is 0 Å². The van der Waals surface area contributed by atoms with Gasteiger partial charge in [-0.1, -0.05) is 13.8 Å². The molecule has 0 radical (unpaired) electrons. The van der Waals surface area contributed by atoms with Gasteiger partial charge < -0.3 is 9.80 Å². The van der Waals surface area contributed by atoms with Crippen LogP contribution < -0.4 is 4.90 Å². The number of likely N-dealkylation sites (tertiary alicyclic amines) is 1. The summed E-state index contributed by atoms with van der Waals surface area (Å²) in [5.41, 5.74) is 0. The summed E-state index contributed by atoms with van der Waals surface area (Å²) in [6.07, 6.45) is 3.95. The molecule has 6 heteroatoms. The summed E-state index contributed by atoms with van der Waals surface area (Å²) in [5.74, 6) is 1.26. The quantitative estimate of drug-likeness (QED) is 0.798. The Bertz CT molecular complexity index is 519. The monoisotopic (exact) mass is 320 g/mol. The molecule has 2 saturated heterocycles. The second-order valence-corrected chi connectivity index (χ2v) is 7.93. The molecule has 3 heterocycles. The van der Waals surface area contributed by atoms with Gasteiger partial charge in [0.2, 0.25) is 5.91 Å². The topological polar surface area (TPSA) is 49.3 Å². The second kappa shape index (κ2) is 6.86. The third kappa shape index (κ3) is 3.54. The van der Waals surface area contributed by atoms with E-state index in [4.69, 9.17) is 0 Å². The van der Waals surface area contributed by atoms with E-state index in [1.807, 2.05) is 0 Å². The molecule has 0 aromatic carbocycles. The molecule has 1 atom stereocenters. The normalized spacial score (nSPS) is 22.7. The van der Waals surface area contributed by atoms with E-state index in [1.165, 1.54) is 0 Å². The Hall–Kier alpha value is -1.30. The number of hydrogen-bond acceptors (Lipinski definition) is 5. The van der Waals surface area contributed by atoms with Crippen molar-refractivity contribution in [2.24, 2.45) is 0 Å².